The Morgan fingerprint density at radius 3 is 2.94 bits per heavy atom. The van der Waals surface area contributed by atoms with Gasteiger partial charge in [0.1, 0.15) is 11.6 Å². The van der Waals surface area contributed by atoms with Gasteiger partial charge in [-0.25, -0.2) is 4.39 Å². The number of halogens is 1. The molecular formula is C13H18FNO2. The zero-order valence-electron chi connectivity index (χ0n) is 10.2. The third-order valence-corrected chi connectivity index (χ3v) is 3.35. The fourth-order valence-electron chi connectivity index (χ4n) is 2.35. The number of nitrogens with zero attached hydrogens (tertiary/aromatic N) is 1. The largest absolute Gasteiger partial charge is 0.508 e. The van der Waals surface area contributed by atoms with Gasteiger partial charge in [-0.2, -0.15) is 0 Å². The van der Waals surface area contributed by atoms with Crippen LogP contribution >= 0.6 is 0 Å². The van der Waals surface area contributed by atoms with Gasteiger partial charge in [0.05, 0.1) is 13.2 Å². The molecule has 0 bridgehead atoms. The first-order valence-corrected chi connectivity index (χ1v) is 5.91. The van der Waals surface area contributed by atoms with Crippen molar-refractivity contribution in [1.82, 2.24) is 4.90 Å². The van der Waals surface area contributed by atoms with Crippen molar-refractivity contribution in [3.05, 3.63) is 29.6 Å². The second-order valence-electron chi connectivity index (χ2n) is 4.54. The van der Waals surface area contributed by atoms with Gasteiger partial charge in [-0.3, -0.25) is 4.90 Å². The van der Waals surface area contributed by atoms with E-state index in [9.17, 15) is 9.50 Å². The van der Waals surface area contributed by atoms with E-state index < -0.39 is 0 Å². The highest BCUT2D eigenvalue weighted by Crippen LogP contribution is 2.28. The lowest BCUT2D eigenvalue weighted by molar-refractivity contribution is -0.0196. The fraction of sp³-hybridized carbons (Fsp3) is 0.538. The molecule has 0 saturated carbocycles. The molecule has 1 saturated heterocycles. The Bertz CT molecular complexity index is 397. The molecule has 1 aliphatic heterocycles. The van der Waals surface area contributed by atoms with Gasteiger partial charge in [-0.1, -0.05) is 6.07 Å². The van der Waals surface area contributed by atoms with Crippen LogP contribution in [0.3, 0.4) is 0 Å². The van der Waals surface area contributed by atoms with E-state index in [0.29, 0.717) is 18.8 Å². The predicted octanol–water partition coefficient (Wildman–Crippen LogP) is 2.31. The molecule has 0 spiro atoms. The Labute approximate surface area is 101 Å². The van der Waals surface area contributed by atoms with Gasteiger partial charge in [-0.05, 0) is 19.9 Å². The lowest BCUT2D eigenvalue weighted by Gasteiger charge is -2.38. The smallest absolute Gasteiger partial charge is 0.131 e. The van der Waals surface area contributed by atoms with E-state index in [4.69, 9.17) is 4.74 Å². The molecule has 0 aromatic heterocycles. The van der Waals surface area contributed by atoms with Crippen molar-refractivity contribution < 1.29 is 14.2 Å². The molecule has 4 heteroatoms. The average molecular weight is 239 g/mol. The van der Waals surface area contributed by atoms with Crippen LogP contribution in [0, 0.1) is 5.82 Å². The molecule has 2 unspecified atom stereocenters. The summed E-state index contributed by atoms with van der Waals surface area (Å²) in [5.74, 6) is -0.385. The number of hydrogen-bond donors (Lipinski definition) is 1. The molecule has 0 radical (unpaired) electrons. The van der Waals surface area contributed by atoms with Gasteiger partial charge in [-0.15, -0.1) is 0 Å². The van der Waals surface area contributed by atoms with Gasteiger partial charge in [0, 0.05) is 30.3 Å². The molecule has 1 aromatic carbocycles. The normalized spacial score (nSPS) is 23.6. The number of benzene rings is 1. The number of ether oxygens (including phenoxy) is 1. The Morgan fingerprint density at radius 2 is 2.29 bits per heavy atom. The number of phenolic OH excluding ortho intramolecular Hbond substituents is 1. The first-order chi connectivity index (χ1) is 8.09. The quantitative estimate of drug-likeness (QED) is 0.859. The molecule has 94 valence electrons. The molecule has 0 amide bonds. The minimum atomic E-state index is -0.351. The van der Waals surface area contributed by atoms with Crippen molar-refractivity contribution in [2.45, 2.75) is 25.9 Å². The number of hydrogen-bond acceptors (Lipinski definition) is 3. The van der Waals surface area contributed by atoms with Crippen LogP contribution in [0.2, 0.25) is 0 Å². The summed E-state index contributed by atoms with van der Waals surface area (Å²) in [6, 6.07) is 4.62. The highest BCUT2D eigenvalue weighted by atomic mass is 19.1. The molecule has 0 aliphatic carbocycles. The molecular weight excluding hydrogens is 221 g/mol. The SMILES string of the molecule is CC1COCCN1C(C)c1ccc(O)cc1F. The van der Waals surface area contributed by atoms with Crippen LogP contribution in [0.25, 0.3) is 0 Å². The Hall–Kier alpha value is -1.13. The van der Waals surface area contributed by atoms with Gasteiger partial charge in [0.25, 0.3) is 0 Å². The summed E-state index contributed by atoms with van der Waals surface area (Å²) in [6.07, 6.45) is 0. The van der Waals surface area contributed by atoms with Crippen molar-refractivity contribution in [3.63, 3.8) is 0 Å². The number of morpholine rings is 1. The Morgan fingerprint density at radius 1 is 1.53 bits per heavy atom. The summed E-state index contributed by atoms with van der Waals surface area (Å²) < 4.78 is 19.1. The first kappa shape index (κ1) is 12.3. The predicted molar refractivity (Wildman–Crippen MR) is 63.5 cm³/mol. The number of aromatic hydroxyl groups is 1. The van der Waals surface area contributed by atoms with Crippen LogP contribution < -0.4 is 0 Å². The summed E-state index contributed by atoms with van der Waals surface area (Å²) in [5.41, 5.74) is 0.622. The molecule has 1 heterocycles. The van der Waals surface area contributed by atoms with Crippen LogP contribution in [-0.2, 0) is 4.74 Å². The maximum absolute atomic E-state index is 13.8. The maximum atomic E-state index is 13.8. The molecule has 2 rings (SSSR count). The third kappa shape index (κ3) is 2.58. The van der Waals surface area contributed by atoms with Crippen LogP contribution in [0.4, 0.5) is 4.39 Å². The van der Waals surface area contributed by atoms with Crippen molar-refractivity contribution in [3.8, 4) is 5.75 Å². The highest BCUT2D eigenvalue weighted by molar-refractivity contribution is 5.29. The second kappa shape index (κ2) is 5.02. The molecule has 1 fully saturated rings. The van der Waals surface area contributed by atoms with E-state index in [2.05, 4.69) is 11.8 Å². The highest BCUT2D eigenvalue weighted by Gasteiger charge is 2.26. The van der Waals surface area contributed by atoms with E-state index in [1.165, 1.54) is 6.07 Å². The Balaban J connectivity index is 2.20. The van der Waals surface area contributed by atoms with E-state index in [1.807, 2.05) is 6.92 Å². The molecule has 3 nitrogen and oxygen atoms in total. The van der Waals surface area contributed by atoms with Gasteiger partial charge in [0.2, 0.25) is 0 Å². The summed E-state index contributed by atoms with van der Waals surface area (Å²) in [6.45, 7) is 6.24. The molecule has 2 atom stereocenters. The van der Waals surface area contributed by atoms with Gasteiger partial charge < -0.3 is 9.84 Å². The minimum Gasteiger partial charge on any atom is -0.508 e. The van der Waals surface area contributed by atoms with E-state index in [0.717, 1.165) is 12.6 Å². The van der Waals surface area contributed by atoms with Crippen LogP contribution in [0.5, 0.6) is 5.75 Å². The fourth-order valence-corrected chi connectivity index (χ4v) is 2.35. The first-order valence-electron chi connectivity index (χ1n) is 5.91. The standard InChI is InChI=1S/C13H18FNO2/c1-9-8-17-6-5-15(9)10(2)12-4-3-11(16)7-13(12)14/h3-4,7,9-10,16H,5-6,8H2,1-2H3. The van der Waals surface area contributed by atoms with Gasteiger partial charge >= 0.3 is 0 Å². The van der Waals surface area contributed by atoms with E-state index >= 15 is 0 Å². The third-order valence-electron chi connectivity index (χ3n) is 3.35. The van der Waals surface area contributed by atoms with Crippen molar-refractivity contribution >= 4 is 0 Å². The van der Waals surface area contributed by atoms with Crippen LogP contribution in [0.15, 0.2) is 18.2 Å². The minimum absolute atomic E-state index is 0.00509. The summed E-state index contributed by atoms with van der Waals surface area (Å²) >= 11 is 0. The van der Waals surface area contributed by atoms with Crippen molar-refractivity contribution in [2.75, 3.05) is 19.8 Å². The second-order valence-corrected chi connectivity index (χ2v) is 4.54. The van der Waals surface area contributed by atoms with E-state index in [-0.39, 0.29) is 23.7 Å². The Kier molecular flexibility index (Phi) is 3.64. The molecule has 1 aromatic rings. The number of rotatable bonds is 2. The summed E-state index contributed by atoms with van der Waals surface area (Å²) in [7, 11) is 0. The van der Waals surface area contributed by atoms with Crippen LogP contribution in [0.1, 0.15) is 25.5 Å². The van der Waals surface area contributed by atoms with Crippen molar-refractivity contribution in [1.29, 1.82) is 0 Å². The monoisotopic (exact) mass is 239 g/mol. The lowest BCUT2D eigenvalue weighted by atomic mass is 10.0. The van der Waals surface area contributed by atoms with E-state index in [1.54, 1.807) is 6.07 Å². The molecule has 17 heavy (non-hydrogen) atoms. The topological polar surface area (TPSA) is 32.7 Å². The van der Waals surface area contributed by atoms with Crippen molar-refractivity contribution in [2.24, 2.45) is 0 Å². The van der Waals surface area contributed by atoms with Gasteiger partial charge in [0.15, 0.2) is 0 Å². The lowest BCUT2D eigenvalue weighted by Crippen LogP contribution is -2.44. The molecule has 1 N–H and O–H groups in total. The number of phenols is 1. The van der Waals surface area contributed by atoms with Crippen LogP contribution in [-0.4, -0.2) is 35.8 Å². The summed E-state index contributed by atoms with van der Waals surface area (Å²) in [5, 5.41) is 9.21. The molecule has 1 aliphatic rings. The summed E-state index contributed by atoms with van der Waals surface area (Å²) in [4.78, 5) is 2.22. The maximum Gasteiger partial charge on any atom is 0.131 e. The zero-order chi connectivity index (χ0) is 12.4. The average Bonchev–Trinajstić information content (AvgIpc) is 2.29. The zero-order valence-corrected chi connectivity index (χ0v) is 10.2.